The quantitative estimate of drug-likeness (QED) is 0.821. The average Bonchev–Trinajstić information content (AvgIpc) is 3.34. The summed E-state index contributed by atoms with van der Waals surface area (Å²) in [6.07, 6.45) is 5.32. The van der Waals surface area contributed by atoms with Crippen LogP contribution in [0.3, 0.4) is 0 Å². The van der Waals surface area contributed by atoms with Gasteiger partial charge in [-0.3, -0.25) is 9.69 Å². The van der Waals surface area contributed by atoms with E-state index in [1.54, 1.807) is 0 Å². The summed E-state index contributed by atoms with van der Waals surface area (Å²) in [5.74, 6) is 1.13. The maximum absolute atomic E-state index is 12.7. The van der Waals surface area contributed by atoms with Gasteiger partial charge >= 0.3 is 0 Å². The minimum absolute atomic E-state index is 0.165. The molecule has 5 rings (SSSR count). The Bertz CT molecular complexity index is 851. The lowest BCUT2D eigenvalue weighted by molar-refractivity contribution is -0.128. The average molecular weight is 380 g/mol. The second-order valence-corrected chi connectivity index (χ2v) is 9.10. The predicted molar refractivity (Wildman–Crippen MR) is 107 cm³/mol. The van der Waals surface area contributed by atoms with E-state index in [0.717, 1.165) is 49.5 Å². The summed E-state index contributed by atoms with van der Waals surface area (Å²) in [7, 11) is 0. The molecule has 0 bridgehead atoms. The van der Waals surface area contributed by atoms with E-state index < -0.39 is 0 Å². The molecule has 5 nitrogen and oxygen atoms in total. The van der Waals surface area contributed by atoms with Gasteiger partial charge in [-0.25, -0.2) is 0 Å². The van der Waals surface area contributed by atoms with Crippen molar-refractivity contribution in [2.75, 3.05) is 19.6 Å². The molecule has 1 aromatic carbocycles. The summed E-state index contributed by atoms with van der Waals surface area (Å²) in [5, 5.41) is 4.04. The van der Waals surface area contributed by atoms with Crippen molar-refractivity contribution >= 4 is 5.91 Å². The van der Waals surface area contributed by atoms with E-state index in [2.05, 4.69) is 34.3 Å². The van der Waals surface area contributed by atoms with Gasteiger partial charge in [-0.2, -0.15) is 0 Å². The predicted octanol–water partition coefficient (Wildman–Crippen LogP) is 3.27. The van der Waals surface area contributed by atoms with Crippen molar-refractivity contribution in [2.45, 2.75) is 58.5 Å². The fourth-order valence-electron chi connectivity index (χ4n) is 5.54. The zero-order valence-corrected chi connectivity index (χ0v) is 16.9. The third-order valence-corrected chi connectivity index (χ3v) is 7.34. The third kappa shape index (κ3) is 3.06. The first-order chi connectivity index (χ1) is 13.5. The molecule has 28 heavy (non-hydrogen) atoms. The minimum atomic E-state index is 0.165. The van der Waals surface area contributed by atoms with E-state index in [0.29, 0.717) is 24.9 Å². The van der Waals surface area contributed by atoms with Crippen LogP contribution in [-0.2, 0) is 24.2 Å². The molecule has 5 heteroatoms. The topological polar surface area (TPSA) is 49.6 Å². The van der Waals surface area contributed by atoms with Crippen molar-refractivity contribution in [1.29, 1.82) is 0 Å². The highest BCUT2D eigenvalue weighted by Crippen LogP contribution is 2.43. The van der Waals surface area contributed by atoms with Crippen LogP contribution in [0.25, 0.3) is 0 Å². The molecule has 148 valence electrons. The summed E-state index contributed by atoms with van der Waals surface area (Å²) in [5.41, 5.74) is 5.19. The Morgan fingerprint density at radius 1 is 1.14 bits per heavy atom. The van der Waals surface area contributed by atoms with Crippen molar-refractivity contribution < 1.29 is 9.32 Å². The number of benzene rings is 1. The first kappa shape index (κ1) is 17.9. The molecule has 0 radical (unpaired) electrons. The number of aryl methyl sites for hydroxylation is 2. The first-order valence-electron chi connectivity index (χ1n) is 10.5. The Kier molecular flexibility index (Phi) is 4.31. The standard InChI is InChI=1S/C23H29N3O2/c1-16-21(17(2)28-24-16)14-26-15-23(13-22(26)27)7-9-25(10-8-23)20-11-18-5-3-4-6-19(18)12-20/h3-6,20H,7-15H2,1-2H3. The number of likely N-dealkylation sites (tertiary alicyclic amines) is 2. The van der Waals surface area contributed by atoms with E-state index in [-0.39, 0.29) is 5.41 Å². The maximum atomic E-state index is 12.7. The number of piperidine rings is 1. The molecule has 3 aliphatic rings. The molecule has 1 amide bonds. The Morgan fingerprint density at radius 2 is 1.82 bits per heavy atom. The van der Waals surface area contributed by atoms with Crippen LogP contribution in [0.15, 0.2) is 28.8 Å². The van der Waals surface area contributed by atoms with Crippen LogP contribution < -0.4 is 0 Å². The second-order valence-electron chi connectivity index (χ2n) is 9.10. The molecule has 2 fully saturated rings. The number of amides is 1. The molecule has 2 saturated heterocycles. The van der Waals surface area contributed by atoms with Gasteiger partial charge in [0.1, 0.15) is 5.76 Å². The molecule has 1 aliphatic carbocycles. The second kappa shape index (κ2) is 6.73. The molecule has 2 aromatic rings. The molecule has 0 saturated carbocycles. The first-order valence-corrected chi connectivity index (χ1v) is 10.5. The maximum Gasteiger partial charge on any atom is 0.223 e. The minimum Gasteiger partial charge on any atom is -0.361 e. The van der Waals surface area contributed by atoms with Gasteiger partial charge in [0.05, 0.1) is 12.2 Å². The molecule has 2 aliphatic heterocycles. The lowest BCUT2D eigenvalue weighted by Crippen LogP contribution is -2.46. The van der Waals surface area contributed by atoms with Gasteiger partial charge in [-0.05, 0) is 69.2 Å². The lowest BCUT2D eigenvalue weighted by Gasteiger charge is -2.41. The van der Waals surface area contributed by atoms with Gasteiger partial charge in [0.25, 0.3) is 0 Å². The van der Waals surface area contributed by atoms with Crippen LogP contribution in [0.1, 0.15) is 47.4 Å². The fourth-order valence-corrected chi connectivity index (χ4v) is 5.54. The number of nitrogens with zero attached hydrogens (tertiary/aromatic N) is 3. The highest BCUT2D eigenvalue weighted by Gasteiger charge is 2.46. The monoisotopic (exact) mass is 379 g/mol. The summed E-state index contributed by atoms with van der Waals surface area (Å²) in [6.45, 7) is 7.65. The number of hydrogen-bond donors (Lipinski definition) is 0. The van der Waals surface area contributed by atoms with Crippen molar-refractivity contribution in [1.82, 2.24) is 15.0 Å². The number of aromatic nitrogens is 1. The van der Waals surface area contributed by atoms with Gasteiger partial charge in [0, 0.05) is 24.6 Å². The number of rotatable bonds is 3. The van der Waals surface area contributed by atoms with Gasteiger partial charge < -0.3 is 9.42 Å². The van der Waals surface area contributed by atoms with Crippen LogP contribution >= 0.6 is 0 Å². The molecular formula is C23H29N3O2. The van der Waals surface area contributed by atoms with Gasteiger partial charge in [0.15, 0.2) is 0 Å². The Hall–Kier alpha value is -2.14. The summed E-state index contributed by atoms with van der Waals surface area (Å²) < 4.78 is 5.28. The molecule has 1 spiro atoms. The Labute approximate surface area is 166 Å². The molecule has 3 heterocycles. The Balaban J connectivity index is 1.21. The number of carbonyl (C=O) groups excluding carboxylic acids is 1. The van der Waals surface area contributed by atoms with Gasteiger partial charge in [-0.1, -0.05) is 29.4 Å². The zero-order valence-electron chi connectivity index (χ0n) is 16.9. The van der Waals surface area contributed by atoms with Crippen molar-refractivity contribution in [3.63, 3.8) is 0 Å². The molecular weight excluding hydrogens is 350 g/mol. The summed E-state index contributed by atoms with van der Waals surface area (Å²) in [4.78, 5) is 17.5. The SMILES string of the molecule is Cc1noc(C)c1CN1CC2(CCN(C3Cc4ccccc4C3)CC2)CC1=O. The van der Waals surface area contributed by atoms with Crippen molar-refractivity contribution in [2.24, 2.45) is 5.41 Å². The fraction of sp³-hybridized carbons (Fsp3) is 0.565. The van der Waals surface area contributed by atoms with E-state index in [1.807, 2.05) is 18.7 Å². The van der Waals surface area contributed by atoms with Crippen molar-refractivity contribution in [3.8, 4) is 0 Å². The summed E-state index contributed by atoms with van der Waals surface area (Å²) >= 11 is 0. The van der Waals surface area contributed by atoms with E-state index in [1.165, 1.54) is 24.0 Å². The van der Waals surface area contributed by atoms with E-state index >= 15 is 0 Å². The van der Waals surface area contributed by atoms with Crippen LogP contribution in [0, 0.1) is 19.3 Å². The normalized spacial score (nSPS) is 22.4. The highest BCUT2D eigenvalue weighted by molar-refractivity contribution is 5.79. The highest BCUT2D eigenvalue weighted by atomic mass is 16.5. The molecule has 0 N–H and O–H groups in total. The zero-order chi connectivity index (χ0) is 19.3. The van der Waals surface area contributed by atoms with E-state index in [4.69, 9.17) is 4.52 Å². The third-order valence-electron chi connectivity index (χ3n) is 7.34. The Morgan fingerprint density at radius 3 is 2.43 bits per heavy atom. The number of hydrogen-bond acceptors (Lipinski definition) is 4. The molecule has 0 unspecified atom stereocenters. The van der Waals surface area contributed by atoms with Crippen LogP contribution in [0.4, 0.5) is 0 Å². The summed E-state index contributed by atoms with van der Waals surface area (Å²) in [6, 6.07) is 9.52. The van der Waals surface area contributed by atoms with Crippen LogP contribution in [0.5, 0.6) is 0 Å². The largest absolute Gasteiger partial charge is 0.361 e. The molecule has 0 atom stereocenters. The van der Waals surface area contributed by atoms with E-state index in [9.17, 15) is 4.79 Å². The molecule has 1 aromatic heterocycles. The lowest BCUT2D eigenvalue weighted by atomic mass is 9.77. The van der Waals surface area contributed by atoms with Crippen LogP contribution in [-0.4, -0.2) is 46.5 Å². The van der Waals surface area contributed by atoms with Gasteiger partial charge in [0.2, 0.25) is 5.91 Å². The number of fused-ring (bicyclic) bond motifs is 1. The van der Waals surface area contributed by atoms with Crippen molar-refractivity contribution in [3.05, 3.63) is 52.4 Å². The van der Waals surface area contributed by atoms with Gasteiger partial charge in [-0.15, -0.1) is 0 Å². The number of carbonyl (C=O) groups is 1. The van der Waals surface area contributed by atoms with Crippen LogP contribution in [0.2, 0.25) is 0 Å². The smallest absolute Gasteiger partial charge is 0.223 e.